The Morgan fingerprint density at radius 2 is 1.90 bits per heavy atom. The van der Waals surface area contributed by atoms with Crippen molar-refractivity contribution in [3.63, 3.8) is 0 Å². The van der Waals surface area contributed by atoms with Gasteiger partial charge in [0.1, 0.15) is 0 Å². The topological polar surface area (TPSA) is 40.9 Å². The molecule has 7 heteroatoms. The number of pyridine rings is 1. The van der Waals surface area contributed by atoms with Crippen LogP contribution >= 0.6 is 0 Å². The molecular weight excluding hydrogens is 475 g/mol. The predicted molar refractivity (Wildman–Crippen MR) is 76.7 cm³/mol. The molecule has 2 heterocycles. The molecule has 0 saturated carbocycles. The summed E-state index contributed by atoms with van der Waals surface area (Å²) >= 11 is 5.27. The monoisotopic (exact) mass is 491 g/mol. The third kappa shape index (κ3) is 6.78. The van der Waals surface area contributed by atoms with Crippen LogP contribution in [0.1, 0.15) is 31.4 Å². The first-order chi connectivity index (χ1) is 8.86. The number of amidine groups is 1. The number of likely N-dealkylation sites (tertiary alicyclic amines) is 1. The number of aromatic nitrogens is 1. The van der Waals surface area contributed by atoms with Gasteiger partial charge in [-0.2, -0.15) is 10.2 Å². The zero-order valence-corrected chi connectivity index (χ0v) is 14.9. The van der Waals surface area contributed by atoms with Crippen molar-refractivity contribution >= 4 is 24.0 Å². The number of hydrogen-bond donors (Lipinski definition) is 0. The molecule has 0 aliphatic carbocycles. The van der Waals surface area contributed by atoms with Gasteiger partial charge in [-0.15, -0.1) is 0 Å². The van der Waals surface area contributed by atoms with Gasteiger partial charge in [0.05, 0.1) is 11.9 Å². The SMILES string of the molecule is [Cl-].[Pt+2].[S-]/C(=N\N=C\c1ccccn1)N1CCCCCC1. The van der Waals surface area contributed by atoms with Gasteiger partial charge in [0, 0.05) is 24.5 Å². The van der Waals surface area contributed by atoms with E-state index in [1.165, 1.54) is 25.7 Å². The molecule has 0 atom stereocenters. The van der Waals surface area contributed by atoms with Crippen molar-refractivity contribution in [3.8, 4) is 0 Å². The van der Waals surface area contributed by atoms with Crippen LogP contribution in [0.3, 0.4) is 0 Å². The molecule has 0 radical (unpaired) electrons. The summed E-state index contributed by atoms with van der Waals surface area (Å²) in [6.07, 6.45) is 8.32. The number of nitrogens with zero attached hydrogens (tertiary/aromatic N) is 4. The molecule has 0 N–H and O–H groups in total. The first-order valence-corrected chi connectivity index (χ1v) is 6.71. The van der Waals surface area contributed by atoms with Gasteiger partial charge in [0.2, 0.25) is 0 Å². The second kappa shape index (κ2) is 11.2. The summed E-state index contributed by atoms with van der Waals surface area (Å²) in [6, 6.07) is 5.67. The normalized spacial score (nSPS) is 16.2. The minimum Gasteiger partial charge on any atom is -1.00 e. The molecule has 1 aromatic heterocycles. The minimum absolute atomic E-state index is 0. The van der Waals surface area contributed by atoms with Crippen molar-refractivity contribution < 1.29 is 33.5 Å². The Bertz CT molecular complexity index is 420. The van der Waals surface area contributed by atoms with E-state index in [1.807, 2.05) is 18.2 Å². The van der Waals surface area contributed by atoms with Crippen LogP contribution in [0.15, 0.2) is 34.6 Å². The minimum atomic E-state index is 0. The average Bonchev–Trinajstić information content (AvgIpc) is 2.69. The van der Waals surface area contributed by atoms with E-state index in [1.54, 1.807) is 12.4 Å². The summed E-state index contributed by atoms with van der Waals surface area (Å²) < 4.78 is 0. The van der Waals surface area contributed by atoms with Crippen LogP contribution in [0.25, 0.3) is 0 Å². The van der Waals surface area contributed by atoms with Crippen LogP contribution < -0.4 is 12.4 Å². The fourth-order valence-corrected chi connectivity index (χ4v) is 2.14. The Hall–Kier alpha value is -0.512. The molecule has 0 aromatic carbocycles. The smallest absolute Gasteiger partial charge is 1.00 e. The Morgan fingerprint density at radius 3 is 2.50 bits per heavy atom. The van der Waals surface area contributed by atoms with Crippen molar-refractivity contribution in [2.75, 3.05) is 13.1 Å². The summed E-state index contributed by atoms with van der Waals surface area (Å²) in [5.74, 6) is 0. The molecule has 0 unspecified atom stereocenters. The van der Waals surface area contributed by atoms with Crippen molar-refractivity contribution in [2.24, 2.45) is 10.2 Å². The van der Waals surface area contributed by atoms with Gasteiger partial charge >= 0.3 is 21.1 Å². The standard InChI is InChI=1S/C13H18N4S.ClH.Pt/c18-13(17-9-5-1-2-6-10-17)16-15-11-12-7-3-4-8-14-12;;/h3-4,7-8,11H,1-2,5-6,9-10H2,(H,16,18);1H;/q;;+2/p-2/b15-11+;;. The zero-order chi connectivity index (χ0) is 12.6. The Kier molecular flexibility index (Phi) is 10.9. The second-order valence-electron chi connectivity index (χ2n) is 4.28. The number of hydrogen-bond acceptors (Lipinski definition) is 4. The van der Waals surface area contributed by atoms with E-state index in [0.717, 1.165) is 18.8 Å². The molecule has 0 amide bonds. The van der Waals surface area contributed by atoms with Crippen LogP contribution in [0.4, 0.5) is 0 Å². The third-order valence-electron chi connectivity index (χ3n) is 2.90. The van der Waals surface area contributed by atoms with Crippen LogP contribution in [-0.2, 0) is 33.7 Å². The Balaban J connectivity index is 0.00000180. The first kappa shape index (κ1) is 19.5. The molecule has 112 valence electrons. The van der Waals surface area contributed by atoms with Crippen LogP contribution in [0, 0.1) is 0 Å². The van der Waals surface area contributed by atoms with Crippen molar-refractivity contribution in [2.45, 2.75) is 25.7 Å². The molecular formula is C13H17ClN4PtS. The van der Waals surface area contributed by atoms with Gasteiger partial charge in [-0.1, -0.05) is 18.9 Å². The van der Waals surface area contributed by atoms with E-state index >= 15 is 0 Å². The van der Waals surface area contributed by atoms with Crippen molar-refractivity contribution in [1.82, 2.24) is 9.88 Å². The number of halogens is 1. The Labute approximate surface area is 146 Å². The Morgan fingerprint density at radius 1 is 1.20 bits per heavy atom. The quantitative estimate of drug-likeness (QED) is 0.235. The molecule has 1 aromatic rings. The van der Waals surface area contributed by atoms with E-state index in [2.05, 4.69) is 20.1 Å². The molecule has 1 saturated heterocycles. The van der Waals surface area contributed by atoms with E-state index in [9.17, 15) is 0 Å². The van der Waals surface area contributed by atoms with Gasteiger partial charge in [-0.3, -0.25) is 4.98 Å². The van der Waals surface area contributed by atoms with Crippen molar-refractivity contribution in [3.05, 3.63) is 30.1 Å². The summed E-state index contributed by atoms with van der Waals surface area (Å²) in [7, 11) is 0. The van der Waals surface area contributed by atoms with Crippen molar-refractivity contribution in [1.29, 1.82) is 0 Å². The van der Waals surface area contributed by atoms with E-state index in [4.69, 9.17) is 12.6 Å². The maximum absolute atomic E-state index is 5.27. The largest absolute Gasteiger partial charge is 2.00 e. The maximum atomic E-state index is 5.27. The second-order valence-corrected chi connectivity index (χ2v) is 4.65. The molecule has 0 bridgehead atoms. The summed E-state index contributed by atoms with van der Waals surface area (Å²) in [4.78, 5) is 6.27. The predicted octanol–water partition coefficient (Wildman–Crippen LogP) is -0.804. The van der Waals surface area contributed by atoms with E-state index < -0.39 is 0 Å². The summed E-state index contributed by atoms with van der Waals surface area (Å²) in [6.45, 7) is 2.00. The molecule has 2 rings (SSSR count). The zero-order valence-electron chi connectivity index (χ0n) is 11.0. The van der Waals surface area contributed by atoms with Gasteiger partial charge in [0.25, 0.3) is 0 Å². The van der Waals surface area contributed by atoms with E-state index in [-0.39, 0.29) is 33.5 Å². The molecule has 20 heavy (non-hydrogen) atoms. The van der Waals surface area contributed by atoms with Gasteiger partial charge < -0.3 is 29.9 Å². The van der Waals surface area contributed by atoms with Crippen LogP contribution in [0.5, 0.6) is 0 Å². The first-order valence-electron chi connectivity index (χ1n) is 6.30. The molecule has 0 spiro atoms. The van der Waals surface area contributed by atoms with Gasteiger partial charge in [-0.05, 0) is 25.0 Å². The number of rotatable bonds is 2. The summed E-state index contributed by atoms with van der Waals surface area (Å²) in [5.41, 5.74) is 0.792. The van der Waals surface area contributed by atoms with E-state index in [0.29, 0.717) is 5.17 Å². The molecule has 1 aliphatic heterocycles. The summed E-state index contributed by atoms with van der Waals surface area (Å²) in [5, 5.41) is 8.66. The maximum Gasteiger partial charge on any atom is 2.00 e. The third-order valence-corrected chi connectivity index (χ3v) is 3.24. The van der Waals surface area contributed by atoms with Crippen LogP contribution in [-0.4, -0.2) is 34.4 Å². The van der Waals surface area contributed by atoms with Gasteiger partial charge in [-0.25, -0.2) is 0 Å². The average molecular weight is 492 g/mol. The fourth-order valence-electron chi connectivity index (χ4n) is 1.91. The molecule has 4 nitrogen and oxygen atoms in total. The molecule has 1 fully saturated rings. The van der Waals surface area contributed by atoms with Crippen LogP contribution in [0.2, 0.25) is 0 Å². The molecule has 1 aliphatic rings. The van der Waals surface area contributed by atoms with Gasteiger partial charge in [0.15, 0.2) is 0 Å². The fraction of sp³-hybridized carbons (Fsp3) is 0.462.